The number of halogens is 4. The van der Waals surface area contributed by atoms with Crippen LogP contribution in [0.15, 0.2) is 71.8 Å². The van der Waals surface area contributed by atoms with Crippen LogP contribution in [0.5, 0.6) is 11.5 Å². The largest absolute Gasteiger partial charge is 0.457 e. The number of para-hydroxylation sites is 1. The Labute approximate surface area is 197 Å². The monoisotopic (exact) mass is 502 g/mol. The maximum Gasteiger partial charge on any atom is 0.418 e. The highest BCUT2D eigenvalue weighted by Gasteiger charge is 2.33. The summed E-state index contributed by atoms with van der Waals surface area (Å²) in [6.07, 6.45) is -2.47. The normalized spacial score (nSPS) is 11.9. The fourth-order valence-corrected chi connectivity index (χ4v) is 4.47. The number of benzene rings is 3. The van der Waals surface area contributed by atoms with Gasteiger partial charge in [0.05, 0.1) is 21.5 Å². The molecule has 0 N–H and O–H groups in total. The topological polar surface area (TPSA) is 80.0 Å². The van der Waals surface area contributed by atoms with Crippen molar-refractivity contribution in [1.29, 1.82) is 5.26 Å². The number of sulfone groups is 1. The molecule has 172 valence electrons. The van der Waals surface area contributed by atoms with Gasteiger partial charge in [0.25, 0.3) is 0 Å². The summed E-state index contributed by atoms with van der Waals surface area (Å²) in [6.45, 7) is 0. The van der Waals surface area contributed by atoms with Gasteiger partial charge < -0.3 is 4.74 Å². The van der Waals surface area contributed by atoms with Crippen molar-refractivity contribution in [3.8, 4) is 28.7 Å². The van der Waals surface area contributed by atoms with Gasteiger partial charge in [-0.15, -0.1) is 0 Å². The first-order valence-electron chi connectivity index (χ1n) is 9.65. The maximum atomic E-state index is 13.5. The molecule has 0 aliphatic rings. The Morgan fingerprint density at radius 3 is 2.44 bits per heavy atom. The zero-order valence-electron chi connectivity index (χ0n) is 17.4. The van der Waals surface area contributed by atoms with Crippen molar-refractivity contribution in [3.05, 3.63) is 83.0 Å². The summed E-state index contributed by atoms with van der Waals surface area (Å²) in [7, 11) is -3.54. The highest BCUT2D eigenvalue weighted by Crippen LogP contribution is 2.39. The molecule has 4 rings (SSSR count). The van der Waals surface area contributed by atoms with Gasteiger partial charge in [0, 0.05) is 28.4 Å². The summed E-state index contributed by atoms with van der Waals surface area (Å²) in [5.74, 6) is 0.421. The predicted octanol–water partition coefficient (Wildman–Crippen LogP) is 6.64. The van der Waals surface area contributed by atoms with E-state index >= 15 is 0 Å². The first-order valence-corrected chi connectivity index (χ1v) is 11.9. The summed E-state index contributed by atoms with van der Waals surface area (Å²) in [6, 6.07) is 16.0. The molecule has 0 fully saturated rings. The van der Waals surface area contributed by atoms with Crippen LogP contribution in [0, 0.1) is 11.3 Å². The van der Waals surface area contributed by atoms with E-state index in [-0.39, 0.29) is 43.4 Å². The first-order chi connectivity index (χ1) is 16.0. The number of hydrogen-bond acceptors (Lipinski definition) is 5. The fraction of sp³-hybridized carbons (Fsp3) is 0.0833. The van der Waals surface area contributed by atoms with Gasteiger partial charge in [-0.05, 0) is 42.0 Å². The van der Waals surface area contributed by atoms with Gasteiger partial charge in [-0.25, -0.2) is 8.42 Å². The van der Waals surface area contributed by atoms with Crippen LogP contribution in [-0.4, -0.2) is 19.7 Å². The number of fused-ring (bicyclic) bond motifs is 1. The molecule has 1 aromatic heterocycles. The molecule has 34 heavy (non-hydrogen) atoms. The molecule has 0 spiro atoms. The van der Waals surface area contributed by atoms with Crippen LogP contribution in [-0.2, 0) is 16.0 Å². The zero-order chi connectivity index (χ0) is 24.7. The maximum absolute atomic E-state index is 13.5. The lowest BCUT2D eigenvalue weighted by Crippen LogP contribution is -2.07. The molecule has 0 saturated heterocycles. The van der Waals surface area contributed by atoms with Gasteiger partial charge in [0.2, 0.25) is 0 Å². The average Bonchev–Trinajstić information content (AvgIpc) is 2.76. The van der Waals surface area contributed by atoms with Gasteiger partial charge in [0.15, 0.2) is 9.84 Å². The highest BCUT2D eigenvalue weighted by molar-refractivity contribution is 7.90. The molecule has 0 radical (unpaired) electrons. The third-order valence-corrected chi connectivity index (χ3v) is 6.26. The van der Waals surface area contributed by atoms with E-state index in [1.165, 1.54) is 36.4 Å². The van der Waals surface area contributed by atoms with E-state index in [9.17, 15) is 26.9 Å². The Bertz CT molecular complexity index is 1580. The third-order valence-electron chi connectivity index (χ3n) is 4.95. The van der Waals surface area contributed by atoms with Gasteiger partial charge in [0.1, 0.15) is 17.6 Å². The van der Waals surface area contributed by atoms with Crippen LogP contribution in [0.25, 0.3) is 22.0 Å². The highest BCUT2D eigenvalue weighted by atomic mass is 35.5. The van der Waals surface area contributed by atoms with Crippen molar-refractivity contribution in [3.63, 3.8) is 0 Å². The van der Waals surface area contributed by atoms with E-state index in [0.29, 0.717) is 5.56 Å². The first kappa shape index (κ1) is 23.5. The predicted molar refractivity (Wildman–Crippen MR) is 122 cm³/mol. The molecule has 4 aromatic rings. The van der Waals surface area contributed by atoms with E-state index in [0.717, 1.165) is 18.5 Å². The molecule has 0 amide bonds. The van der Waals surface area contributed by atoms with Crippen molar-refractivity contribution in [2.24, 2.45) is 0 Å². The van der Waals surface area contributed by atoms with Crippen LogP contribution in [0.1, 0.15) is 11.1 Å². The van der Waals surface area contributed by atoms with E-state index in [1.807, 2.05) is 6.07 Å². The fourth-order valence-electron chi connectivity index (χ4n) is 3.51. The van der Waals surface area contributed by atoms with Crippen molar-refractivity contribution in [2.75, 3.05) is 6.26 Å². The lowest BCUT2D eigenvalue weighted by molar-refractivity contribution is -0.136. The Balaban J connectivity index is 1.85. The van der Waals surface area contributed by atoms with Crippen LogP contribution >= 0.6 is 11.6 Å². The minimum atomic E-state index is -4.62. The summed E-state index contributed by atoms with van der Waals surface area (Å²) < 4.78 is 70.1. The molecule has 3 aromatic carbocycles. The number of alkyl halides is 3. The van der Waals surface area contributed by atoms with E-state index < -0.39 is 21.6 Å². The molecule has 0 bridgehead atoms. The smallest absolute Gasteiger partial charge is 0.418 e. The lowest BCUT2D eigenvalue weighted by atomic mass is 9.95. The van der Waals surface area contributed by atoms with Crippen molar-refractivity contribution >= 4 is 32.3 Å². The van der Waals surface area contributed by atoms with Crippen LogP contribution < -0.4 is 4.74 Å². The average molecular weight is 503 g/mol. The number of pyridine rings is 1. The summed E-state index contributed by atoms with van der Waals surface area (Å²) in [4.78, 5) is 3.86. The molecule has 0 unspecified atom stereocenters. The quantitative estimate of drug-likeness (QED) is 0.312. The molecular weight excluding hydrogens is 489 g/mol. The van der Waals surface area contributed by atoms with Crippen LogP contribution in [0.3, 0.4) is 0 Å². The minimum absolute atomic E-state index is 0.0299. The van der Waals surface area contributed by atoms with Crippen LogP contribution in [0.2, 0.25) is 5.02 Å². The van der Waals surface area contributed by atoms with Crippen molar-refractivity contribution in [2.45, 2.75) is 11.1 Å². The Morgan fingerprint density at radius 2 is 1.76 bits per heavy atom. The lowest BCUT2D eigenvalue weighted by Gasteiger charge is -2.14. The number of aromatic nitrogens is 1. The van der Waals surface area contributed by atoms with Crippen molar-refractivity contribution < 1.29 is 26.3 Å². The second-order valence-corrected chi connectivity index (χ2v) is 9.84. The molecule has 0 atom stereocenters. The number of hydrogen-bond donors (Lipinski definition) is 0. The van der Waals surface area contributed by atoms with E-state index in [2.05, 4.69) is 4.98 Å². The molecule has 0 aliphatic carbocycles. The molecule has 0 saturated carbocycles. The second-order valence-electron chi connectivity index (χ2n) is 7.38. The Morgan fingerprint density at radius 1 is 1.03 bits per heavy atom. The molecular formula is C24H14ClF3N2O3S. The summed E-state index contributed by atoms with van der Waals surface area (Å²) >= 11 is 6.03. The van der Waals surface area contributed by atoms with Gasteiger partial charge in [-0.2, -0.15) is 18.4 Å². The van der Waals surface area contributed by atoms with Gasteiger partial charge in [-0.1, -0.05) is 35.9 Å². The second kappa shape index (κ2) is 8.63. The summed E-state index contributed by atoms with van der Waals surface area (Å²) in [5.41, 5.74) is -0.400. The standard InChI is InChI=1S/C24H14ClF3N2O3S/c1-34(31,32)19-10-16(25)9-18(11-19)33-17-5-2-4-14(8-17)22-15(12-29)13-30-23-20(22)6-3-7-21(23)24(26,27)28/h2-11,13H,1H3. The number of nitriles is 1. The molecule has 1 heterocycles. The Kier molecular flexibility index (Phi) is 5.98. The molecule has 0 aliphatic heterocycles. The van der Waals surface area contributed by atoms with Gasteiger partial charge >= 0.3 is 6.18 Å². The molecule has 10 heteroatoms. The van der Waals surface area contributed by atoms with E-state index in [1.54, 1.807) is 18.2 Å². The summed E-state index contributed by atoms with van der Waals surface area (Å²) in [5, 5.41) is 9.91. The Hall–Kier alpha value is -3.61. The number of ether oxygens (including phenoxy) is 1. The number of nitrogens with zero attached hydrogens (tertiary/aromatic N) is 2. The van der Waals surface area contributed by atoms with Crippen molar-refractivity contribution in [1.82, 2.24) is 4.98 Å². The molecule has 5 nitrogen and oxygen atoms in total. The van der Waals surface area contributed by atoms with E-state index in [4.69, 9.17) is 16.3 Å². The zero-order valence-corrected chi connectivity index (χ0v) is 19.0. The number of rotatable bonds is 4. The minimum Gasteiger partial charge on any atom is -0.457 e. The van der Waals surface area contributed by atoms with Gasteiger partial charge in [-0.3, -0.25) is 4.98 Å². The SMILES string of the molecule is CS(=O)(=O)c1cc(Cl)cc(Oc2cccc(-c3c(C#N)cnc4c(C(F)(F)F)cccc34)c2)c1. The van der Waals surface area contributed by atoms with Crippen LogP contribution in [0.4, 0.5) is 13.2 Å². The third kappa shape index (κ3) is 4.69.